The zero-order valence-electron chi connectivity index (χ0n) is 10.1. The SMILES string of the molecule is C[N+]1=C(C2=C(O)C=CCC2)OC2CCCC=C21. The molecule has 0 aromatic carbocycles. The number of rotatable bonds is 1. The summed E-state index contributed by atoms with van der Waals surface area (Å²) < 4.78 is 8.12. The third-order valence-electron chi connectivity index (χ3n) is 3.70. The van der Waals surface area contributed by atoms with Crippen LogP contribution in [0, 0.1) is 0 Å². The summed E-state index contributed by atoms with van der Waals surface area (Å²) in [6.45, 7) is 0. The molecule has 0 bridgehead atoms. The first kappa shape index (κ1) is 10.6. The summed E-state index contributed by atoms with van der Waals surface area (Å²) in [4.78, 5) is 0. The van der Waals surface area contributed by atoms with E-state index in [1.54, 1.807) is 6.08 Å². The van der Waals surface area contributed by atoms with Crippen LogP contribution in [-0.2, 0) is 4.74 Å². The van der Waals surface area contributed by atoms with Crippen molar-refractivity contribution in [3.63, 3.8) is 0 Å². The van der Waals surface area contributed by atoms with Gasteiger partial charge in [-0.25, -0.2) is 0 Å². The number of hydrogen-bond acceptors (Lipinski definition) is 2. The van der Waals surface area contributed by atoms with E-state index in [0.717, 1.165) is 37.2 Å². The van der Waals surface area contributed by atoms with Gasteiger partial charge in [0.25, 0.3) is 0 Å². The highest BCUT2D eigenvalue weighted by Crippen LogP contribution is 2.31. The fraction of sp³-hybridized carbons (Fsp3) is 0.500. The van der Waals surface area contributed by atoms with Crippen molar-refractivity contribution in [3.8, 4) is 0 Å². The van der Waals surface area contributed by atoms with Crippen LogP contribution in [0.25, 0.3) is 0 Å². The van der Waals surface area contributed by atoms with Crippen LogP contribution < -0.4 is 0 Å². The molecule has 0 fully saturated rings. The van der Waals surface area contributed by atoms with Crippen LogP contribution in [-0.4, -0.2) is 28.7 Å². The summed E-state index contributed by atoms with van der Waals surface area (Å²) in [5, 5.41) is 9.93. The Bertz CT molecular complexity index is 469. The highest BCUT2D eigenvalue weighted by atomic mass is 16.5. The van der Waals surface area contributed by atoms with Crippen LogP contribution in [0.5, 0.6) is 0 Å². The summed E-state index contributed by atoms with van der Waals surface area (Å²) in [6, 6.07) is 0. The Kier molecular flexibility index (Phi) is 2.54. The molecule has 3 nitrogen and oxygen atoms in total. The quantitative estimate of drug-likeness (QED) is 0.705. The lowest BCUT2D eigenvalue weighted by Gasteiger charge is -2.12. The van der Waals surface area contributed by atoms with Gasteiger partial charge < -0.3 is 9.84 Å². The van der Waals surface area contributed by atoms with Crippen LogP contribution in [0.1, 0.15) is 32.1 Å². The normalized spacial score (nSPS) is 28.1. The molecule has 1 aliphatic heterocycles. The van der Waals surface area contributed by atoms with Gasteiger partial charge >= 0.3 is 5.90 Å². The molecule has 17 heavy (non-hydrogen) atoms. The maximum Gasteiger partial charge on any atom is 0.375 e. The van der Waals surface area contributed by atoms with Gasteiger partial charge in [-0.05, 0) is 44.3 Å². The van der Waals surface area contributed by atoms with E-state index in [4.69, 9.17) is 4.74 Å². The number of hydrogen-bond donors (Lipinski definition) is 1. The molecule has 0 spiro atoms. The third-order valence-corrected chi connectivity index (χ3v) is 3.70. The molecule has 3 aliphatic rings. The zero-order valence-corrected chi connectivity index (χ0v) is 10.1. The van der Waals surface area contributed by atoms with E-state index in [9.17, 15) is 5.11 Å². The molecule has 0 amide bonds. The second kappa shape index (κ2) is 4.06. The Balaban J connectivity index is 1.99. The number of allylic oxidation sites excluding steroid dienone is 3. The molecule has 0 saturated heterocycles. The molecule has 1 atom stereocenters. The van der Waals surface area contributed by atoms with Gasteiger partial charge in [0, 0.05) is 0 Å². The van der Waals surface area contributed by atoms with Crippen LogP contribution in [0.4, 0.5) is 0 Å². The van der Waals surface area contributed by atoms with Gasteiger partial charge in [-0.3, -0.25) is 0 Å². The topological polar surface area (TPSA) is 32.5 Å². The maximum atomic E-state index is 9.93. The first-order chi connectivity index (χ1) is 8.27. The van der Waals surface area contributed by atoms with Gasteiger partial charge in [-0.1, -0.05) is 6.08 Å². The molecule has 1 N–H and O–H groups in total. The van der Waals surface area contributed by atoms with Gasteiger partial charge in [0.2, 0.25) is 5.70 Å². The average molecular weight is 232 g/mol. The molecular formula is C14H18NO2+. The summed E-state index contributed by atoms with van der Waals surface area (Å²) >= 11 is 0. The summed E-state index contributed by atoms with van der Waals surface area (Å²) in [7, 11) is 2.03. The summed E-state index contributed by atoms with van der Waals surface area (Å²) in [5.74, 6) is 1.21. The molecule has 0 saturated carbocycles. The lowest BCUT2D eigenvalue weighted by atomic mass is 10.0. The Hall–Kier alpha value is -1.51. The minimum atomic E-state index is 0.204. The molecule has 90 valence electrons. The Morgan fingerprint density at radius 2 is 2.29 bits per heavy atom. The summed E-state index contributed by atoms with van der Waals surface area (Å²) in [6.07, 6.45) is 11.5. The Labute approximate surface area is 101 Å². The van der Waals surface area contributed by atoms with Crippen molar-refractivity contribution in [1.29, 1.82) is 0 Å². The Morgan fingerprint density at radius 1 is 1.41 bits per heavy atom. The smallest absolute Gasteiger partial charge is 0.375 e. The minimum Gasteiger partial charge on any atom is -0.507 e. The van der Waals surface area contributed by atoms with Crippen molar-refractivity contribution in [2.24, 2.45) is 0 Å². The van der Waals surface area contributed by atoms with Crippen molar-refractivity contribution in [2.45, 2.75) is 38.2 Å². The van der Waals surface area contributed by atoms with Crippen LogP contribution in [0.3, 0.4) is 0 Å². The highest BCUT2D eigenvalue weighted by Gasteiger charge is 2.40. The number of nitrogens with zero attached hydrogens (tertiary/aromatic N) is 1. The molecule has 0 aromatic heterocycles. The number of likely N-dealkylation sites (N-methyl/N-ethyl adjacent to an activating group) is 1. The lowest BCUT2D eigenvalue weighted by molar-refractivity contribution is -0.440. The highest BCUT2D eigenvalue weighted by molar-refractivity contribution is 5.92. The van der Waals surface area contributed by atoms with Crippen molar-refractivity contribution >= 4 is 5.90 Å². The molecule has 3 rings (SSSR count). The van der Waals surface area contributed by atoms with E-state index < -0.39 is 0 Å². The number of fused-ring (bicyclic) bond motifs is 1. The first-order valence-corrected chi connectivity index (χ1v) is 6.34. The Morgan fingerprint density at radius 3 is 3.06 bits per heavy atom. The minimum absolute atomic E-state index is 0.204. The number of ether oxygens (including phenoxy) is 1. The largest absolute Gasteiger partial charge is 0.507 e. The van der Waals surface area contributed by atoms with Gasteiger partial charge in [0.15, 0.2) is 6.10 Å². The van der Waals surface area contributed by atoms with E-state index in [0.29, 0.717) is 5.76 Å². The molecular weight excluding hydrogens is 214 g/mol. The summed E-state index contributed by atoms with van der Waals surface area (Å²) in [5.41, 5.74) is 2.21. The fourth-order valence-corrected chi connectivity index (χ4v) is 2.78. The number of aliphatic hydroxyl groups excluding tert-OH is 1. The van der Waals surface area contributed by atoms with Gasteiger partial charge in [-0.2, -0.15) is 4.58 Å². The monoisotopic (exact) mass is 232 g/mol. The van der Waals surface area contributed by atoms with Crippen molar-refractivity contribution in [3.05, 3.63) is 35.3 Å². The van der Waals surface area contributed by atoms with Crippen LogP contribution in [0.15, 0.2) is 35.3 Å². The fourth-order valence-electron chi connectivity index (χ4n) is 2.78. The van der Waals surface area contributed by atoms with Crippen LogP contribution in [0.2, 0.25) is 0 Å². The van der Waals surface area contributed by atoms with E-state index in [2.05, 4.69) is 10.7 Å². The van der Waals surface area contributed by atoms with Crippen LogP contribution >= 0.6 is 0 Å². The van der Waals surface area contributed by atoms with Gasteiger partial charge in [0.1, 0.15) is 18.4 Å². The molecule has 0 radical (unpaired) electrons. The van der Waals surface area contributed by atoms with Crippen molar-refractivity contribution < 1.29 is 14.4 Å². The van der Waals surface area contributed by atoms with Gasteiger partial charge in [0.05, 0.1) is 0 Å². The molecule has 1 unspecified atom stereocenters. The molecule has 3 heteroatoms. The molecule has 2 aliphatic carbocycles. The second-order valence-electron chi connectivity index (χ2n) is 4.84. The van der Waals surface area contributed by atoms with Gasteiger partial charge in [-0.15, -0.1) is 0 Å². The predicted molar refractivity (Wildman–Crippen MR) is 66.0 cm³/mol. The van der Waals surface area contributed by atoms with E-state index in [1.165, 1.54) is 12.1 Å². The zero-order chi connectivity index (χ0) is 11.8. The predicted octanol–water partition coefficient (Wildman–Crippen LogP) is 2.66. The molecule has 1 heterocycles. The molecule has 0 aromatic rings. The second-order valence-corrected chi connectivity index (χ2v) is 4.84. The first-order valence-electron chi connectivity index (χ1n) is 6.34. The maximum absolute atomic E-state index is 9.93. The van der Waals surface area contributed by atoms with Crippen molar-refractivity contribution in [2.75, 3.05) is 7.05 Å². The standard InChI is InChI=1S/C14H17NO2/c1-15-11-7-3-5-9-13(11)17-14(15)10-6-2-4-8-12(10)16/h4,7-8,13H,2-3,5-6,9H2,1H3/p+1. The van der Waals surface area contributed by atoms with E-state index in [-0.39, 0.29) is 6.10 Å². The average Bonchev–Trinajstić information content (AvgIpc) is 2.68. The number of aliphatic hydroxyl groups is 1. The van der Waals surface area contributed by atoms with E-state index in [1.807, 2.05) is 13.1 Å². The third kappa shape index (κ3) is 1.70. The van der Waals surface area contributed by atoms with Crippen molar-refractivity contribution in [1.82, 2.24) is 0 Å². The van der Waals surface area contributed by atoms with E-state index >= 15 is 0 Å². The lowest BCUT2D eigenvalue weighted by Crippen LogP contribution is -2.16.